The molecule has 1 saturated heterocycles. The van der Waals surface area contributed by atoms with Gasteiger partial charge in [-0.3, -0.25) is 0 Å². The van der Waals surface area contributed by atoms with Gasteiger partial charge in [-0.25, -0.2) is 0 Å². The first-order valence-corrected chi connectivity index (χ1v) is 6.71. The zero-order valence-corrected chi connectivity index (χ0v) is 10.9. The second-order valence-electron chi connectivity index (χ2n) is 5.53. The van der Waals surface area contributed by atoms with Crippen LogP contribution in [0.25, 0.3) is 0 Å². The Morgan fingerprint density at radius 1 is 1.25 bits per heavy atom. The molecule has 0 aromatic rings. The summed E-state index contributed by atoms with van der Waals surface area (Å²) in [4.78, 5) is 2.49. The molecule has 0 amide bonds. The predicted molar refractivity (Wildman–Crippen MR) is 66.6 cm³/mol. The van der Waals surface area contributed by atoms with E-state index in [1.807, 2.05) is 7.05 Å². The summed E-state index contributed by atoms with van der Waals surface area (Å²) >= 11 is 0. The second-order valence-corrected chi connectivity index (χ2v) is 5.53. The summed E-state index contributed by atoms with van der Waals surface area (Å²) < 4.78 is 6.02. The monoisotopic (exact) mass is 226 g/mol. The Balaban J connectivity index is 1.69. The van der Waals surface area contributed by atoms with Crippen LogP contribution in [0.2, 0.25) is 0 Å². The van der Waals surface area contributed by atoms with Gasteiger partial charge in [0.15, 0.2) is 0 Å². The van der Waals surface area contributed by atoms with E-state index in [2.05, 4.69) is 24.2 Å². The molecule has 3 nitrogen and oxygen atoms in total. The highest BCUT2D eigenvalue weighted by atomic mass is 16.5. The van der Waals surface area contributed by atoms with Crippen LogP contribution in [0.1, 0.15) is 32.6 Å². The quantitative estimate of drug-likeness (QED) is 0.742. The van der Waals surface area contributed by atoms with Crippen LogP contribution in [0.15, 0.2) is 0 Å². The molecule has 1 saturated carbocycles. The molecule has 1 aliphatic heterocycles. The predicted octanol–water partition coefficient (Wildman–Crippen LogP) is 1.48. The van der Waals surface area contributed by atoms with Crippen molar-refractivity contribution in [3.05, 3.63) is 0 Å². The van der Waals surface area contributed by atoms with Gasteiger partial charge in [-0.2, -0.15) is 0 Å². The first kappa shape index (κ1) is 12.3. The molecular formula is C13H26N2O. The van der Waals surface area contributed by atoms with Crippen LogP contribution in [-0.2, 0) is 4.74 Å². The average Bonchev–Trinajstić information content (AvgIpc) is 3.02. The molecule has 3 unspecified atom stereocenters. The van der Waals surface area contributed by atoms with Crippen molar-refractivity contribution in [3.63, 3.8) is 0 Å². The average molecular weight is 226 g/mol. The fourth-order valence-corrected chi connectivity index (χ4v) is 2.72. The number of nitrogens with zero attached hydrogens (tertiary/aromatic N) is 1. The summed E-state index contributed by atoms with van der Waals surface area (Å²) in [6.45, 7) is 4.47. The van der Waals surface area contributed by atoms with Crippen molar-refractivity contribution in [2.24, 2.45) is 5.92 Å². The number of ether oxygens (including phenoxy) is 1. The largest absolute Gasteiger partial charge is 0.372 e. The number of likely N-dealkylation sites (N-methyl/N-ethyl adjacent to an activating group) is 2. The Labute approximate surface area is 99.5 Å². The van der Waals surface area contributed by atoms with Crippen LogP contribution < -0.4 is 5.32 Å². The van der Waals surface area contributed by atoms with Crippen molar-refractivity contribution in [3.8, 4) is 0 Å². The molecule has 3 atom stereocenters. The van der Waals surface area contributed by atoms with Crippen LogP contribution in [0.4, 0.5) is 0 Å². The van der Waals surface area contributed by atoms with E-state index in [9.17, 15) is 0 Å². The first-order valence-electron chi connectivity index (χ1n) is 6.71. The first-order chi connectivity index (χ1) is 7.70. The normalized spacial score (nSPS) is 32.2. The Morgan fingerprint density at radius 3 is 2.56 bits per heavy atom. The molecule has 94 valence electrons. The van der Waals surface area contributed by atoms with Crippen molar-refractivity contribution in [1.29, 1.82) is 0 Å². The highest BCUT2D eigenvalue weighted by Crippen LogP contribution is 2.35. The molecule has 1 N–H and O–H groups in total. The summed E-state index contributed by atoms with van der Waals surface area (Å²) in [6.07, 6.45) is 6.22. The van der Waals surface area contributed by atoms with E-state index in [0.717, 1.165) is 25.0 Å². The summed E-state index contributed by atoms with van der Waals surface area (Å²) in [6, 6.07) is 0.743. The van der Waals surface area contributed by atoms with Gasteiger partial charge in [0, 0.05) is 19.1 Å². The van der Waals surface area contributed by atoms with E-state index >= 15 is 0 Å². The van der Waals surface area contributed by atoms with Crippen molar-refractivity contribution >= 4 is 0 Å². The molecule has 0 radical (unpaired) electrons. The Hall–Kier alpha value is -0.120. The van der Waals surface area contributed by atoms with Crippen molar-refractivity contribution in [2.45, 2.75) is 50.9 Å². The van der Waals surface area contributed by atoms with E-state index in [-0.39, 0.29) is 0 Å². The lowest BCUT2D eigenvalue weighted by Gasteiger charge is -2.27. The number of rotatable bonds is 6. The van der Waals surface area contributed by atoms with Gasteiger partial charge in [0.05, 0.1) is 12.2 Å². The molecule has 0 aromatic heterocycles. The third kappa shape index (κ3) is 3.19. The van der Waals surface area contributed by atoms with E-state index in [1.165, 1.54) is 25.7 Å². The second kappa shape index (κ2) is 5.48. The maximum absolute atomic E-state index is 6.02. The molecule has 2 fully saturated rings. The van der Waals surface area contributed by atoms with Gasteiger partial charge in [0.2, 0.25) is 0 Å². The van der Waals surface area contributed by atoms with Gasteiger partial charge in [-0.1, -0.05) is 0 Å². The van der Waals surface area contributed by atoms with Crippen LogP contribution in [0.5, 0.6) is 0 Å². The Bertz CT molecular complexity index is 218. The van der Waals surface area contributed by atoms with Crippen LogP contribution in [0, 0.1) is 5.92 Å². The smallest absolute Gasteiger partial charge is 0.0707 e. The maximum Gasteiger partial charge on any atom is 0.0707 e. The molecule has 1 heterocycles. The number of hydrogen-bond donors (Lipinski definition) is 1. The lowest BCUT2D eigenvalue weighted by atomic mass is 10.1. The van der Waals surface area contributed by atoms with Gasteiger partial charge in [0.1, 0.15) is 0 Å². The summed E-state index contributed by atoms with van der Waals surface area (Å²) in [7, 11) is 4.25. The van der Waals surface area contributed by atoms with Crippen LogP contribution in [-0.4, -0.2) is 50.3 Å². The molecule has 0 bridgehead atoms. The van der Waals surface area contributed by atoms with E-state index < -0.39 is 0 Å². The molecule has 0 aromatic carbocycles. The zero-order valence-electron chi connectivity index (χ0n) is 10.9. The topological polar surface area (TPSA) is 24.5 Å². The molecule has 16 heavy (non-hydrogen) atoms. The lowest BCUT2D eigenvalue weighted by molar-refractivity contribution is 0.0210. The standard InChI is InChI=1S/C13H26N2O/c1-10(11-4-5-11)15(3)9-13-7-6-12(16-13)8-14-2/h10-14H,4-9H2,1-3H3. The highest BCUT2D eigenvalue weighted by molar-refractivity contribution is 4.86. The van der Waals surface area contributed by atoms with E-state index in [1.54, 1.807) is 0 Å². The number of nitrogens with one attached hydrogen (secondary N) is 1. The third-order valence-corrected chi connectivity index (χ3v) is 4.12. The molecule has 3 heteroatoms. The van der Waals surface area contributed by atoms with Gasteiger partial charge in [-0.05, 0) is 52.6 Å². The lowest BCUT2D eigenvalue weighted by Crippen LogP contribution is -2.37. The van der Waals surface area contributed by atoms with Crippen molar-refractivity contribution in [1.82, 2.24) is 10.2 Å². The Morgan fingerprint density at radius 2 is 1.94 bits per heavy atom. The van der Waals surface area contributed by atoms with E-state index in [4.69, 9.17) is 4.74 Å². The fourth-order valence-electron chi connectivity index (χ4n) is 2.72. The molecule has 2 aliphatic rings. The summed E-state index contributed by atoms with van der Waals surface area (Å²) in [5, 5.41) is 3.20. The minimum Gasteiger partial charge on any atom is -0.372 e. The maximum atomic E-state index is 6.02. The third-order valence-electron chi connectivity index (χ3n) is 4.12. The highest BCUT2D eigenvalue weighted by Gasteiger charge is 2.32. The summed E-state index contributed by atoms with van der Waals surface area (Å²) in [5.74, 6) is 0.958. The van der Waals surface area contributed by atoms with Gasteiger partial charge >= 0.3 is 0 Å². The molecule has 2 rings (SSSR count). The minimum absolute atomic E-state index is 0.444. The number of hydrogen-bond acceptors (Lipinski definition) is 3. The Kier molecular flexibility index (Phi) is 4.22. The van der Waals surface area contributed by atoms with Crippen LogP contribution >= 0.6 is 0 Å². The molecule has 1 aliphatic carbocycles. The van der Waals surface area contributed by atoms with E-state index in [0.29, 0.717) is 12.2 Å². The van der Waals surface area contributed by atoms with Gasteiger partial charge in [-0.15, -0.1) is 0 Å². The van der Waals surface area contributed by atoms with Crippen molar-refractivity contribution in [2.75, 3.05) is 27.2 Å². The summed E-state index contributed by atoms with van der Waals surface area (Å²) in [5.41, 5.74) is 0. The van der Waals surface area contributed by atoms with Crippen molar-refractivity contribution < 1.29 is 4.74 Å². The molecular weight excluding hydrogens is 200 g/mol. The molecule has 0 spiro atoms. The van der Waals surface area contributed by atoms with Gasteiger partial charge in [0.25, 0.3) is 0 Å². The van der Waals surface area contributed by atoms with Crippen LogP contribution in [0.3, 0.4) is 0 Å². The van der Waals surface area contributed by atoms with Gasteiger partial charge < -0.3 is 15.0 Å². The fraction of sp³-hybridized carbons (Fsp3) is 1.00. The SMILES string of the molecule is CNCC1CCC(CN(C)C(C)C2CC2)O1. The minimum atomic E-state index is 0.444. The zero-order chi connectivity index (χ0) is 11.5.